The summed E-state index contributed by atoms with van der Waals surface area (Å²) in [6.45, 7) is 2.94. The number of amides is 1. The van der Waals surface area contributed by atoms with E-state index in [9.17, 15) is 19.2 Å². The number of carbonyl (C=O) groups excluding carboxylic acids is 4. The third-order valence-electron chi connectivity index (χ3n) is 3.31. The molecule has 0 spiro atoms. The number of hydrogen-bond acceptors (Lipinski definition) is 8. The number of rotatable bonds is 10. The summed E-state index contributed by atoms with van der Waals surface area (Å²) in [5, 5.41) is 2.36. The van der Waals surface area contributed by atoms with Crippen molar-refractivity contribution >= 4 is 30.0 Å². The van der Waals surface area contributed by atoms with Crippen molar-refractivity contribution in [3.8, 4) is 5.75 Å². The first-order chi connectivity index (χ1) is 13.3. The third kappa shape index (κ3) is 8.72. The Morgan fingerprint density at radius 3 is 2.43 bits per heavy atom. The highest BCUT2D eigenvalue weighted by Gasteiger charge is 2.24. The number of benzene rings is 1. The fraction of sp³-hybridized carbons (Fsp3) is 0.389. The van der Waals surface area contributed by atoms with Gasteiger partial charge in [-0.3, -0.25) is 9.59 Å². The largest absolute Gasteiger partial charge is 0.464 e. The van der Waals surface area contributed by atoms with E-state index in [1.165, 1.54) is 6.92 Å². The summed E-state index contributed by atoms with van der Waals surface area (Å²) in [4.78, 5) is 49.1. The molecule has 150 valence electrons. The van der Waals surface area contributed by atoms with Gasteiger partial charge < -0.3 is 19.5 Å². The SMILES string of the molecule is CCOC(=O)C(CCC(=O)C=[N+]=N)NC(=O)OCc1ccc(OC(C)=O)cc1. The number of Topliss-reactive ketones (excluding diaryl/α,β-unsaturated/α-hetero) is 1. The lowest BCUT2D eigenvalue weighted by Crippen LogP contribution is -2.42. The Hall–Kier alpha value is -3.52. The average molecular weight is 392 g/mol. The highest BCUT2D eigenvalue weighted by atomic mass is 16.6. The van der Waals surface area contributed by atoms with Crippen molar-refractivity contribution in [2.24, 2.45) is 0 Å². The van der Waals surface area contributed by atoms with Crippen molar-refractivity contribution < 1.29 is 38.2 Å². The van der Waals surface area contributed by atoms with Crippen molar-refractivity contribution in [3.63, 3.8) is 0 Å². The zero-order valence-corrected chi connectivity index (χ0v) is 15.6. The smallest absolute Gasteiger partial charge is 0.408 e. The summed E-state index contributed by atoms with van der Waals surface area (Å²) in [6.07, 6.45) is -0.150. The normalized spacial score (nSPS) is 10.8. The van der Waals surface area contributed by atoms with E-state index in [4.69, 9.17) is 19.7 Å². The van der Waals surface area contributed by atoms with Crippen LogP contribution in [0.3, 0.4) is 0 Å². The lowest BCUT2D eigenvalue weighted by atomic mass is 10.1. The maximum Gasteiger partial charge on any atom is 0.408 e. The van der Waals surface area contributed by atoms with Gasteiger partial charge in [-0.15, -0.1) is 0 Å². The lowest BCUT2D eigenvalue weighted by Gasteiger charge is -2.16. The van der Waals surface area contributed by atoms with Gasteiger partial charge in [-0.25, -0.2) is 9.59 Å². The molecule has 0 aliphatic rings. The highest BCUT2D eigenvalue weighted by Crippen LogP contribution is 2.13. The average Bonchev–Trinajstić information content (AvgIpc) is 2.64. The Kier molecular flexibility index (Phi) is 9.63. The molecule has 0 saturated heterocycles. The molecular weight excluding hydrogens is 370 g/mol. The number of carbonyl (C=O) groups is 4. The number of ketones is 1. The van der Waals surface area contributed by atoms with E-state index >= 15 is 0 Å². The molecule has 0 aliphatic carbocycles. The van der Waals surface area contributed by atoms with Crippen molar-refractivity contribution in [1.29, 1.82) is 5.53 Å². The van der Waals surface area contributed by atoms with E-state index in [1.807, 2.05) is 0 Å². The van der Waals surface area contributed by atoms with Crippen LogP contribution in [-0.2, 0) is 30.5 Å². The van der Waals surface area contributed by atoms with Gasteiger partial charge in [0.25, 0.3) is 0 Å². The fourth-order valence-corrected chi connectivity index (χ4v) is 2.07. The molecule has 0 aromatic heterocycles. The number of alkyl carbamates (subject to hydrolysis) is 1. The second-order valence-corrected chi connectivity index (χ2v) is 5.53. The summed E-state index contributed by atoms with van der Waals surface area (Å²) < 4.78 is 14.8. The Balaban J connectivity index is 2.58. The monoisotopic (exact) mass is 392 g/mol. The molecule has 0 fully saturated rings. The van der Waals surface area contributed by atoms with Crippen molar-refractivity contribution in [2.45, 2.75) is 39.3 Å². The van der Waals surface area contributed by atoms with Crippen LogP contribution in [0.5, 0.6) is 5.75 Å². The van der Waals surface area contributed by atoms with Gasteiger partial charge in [0.15, 0.2) is 0 Å². The molecule has 0 aliphatic heterocycles. The molecule has 1 atom stereocenters. The quantitative estimate of drug-likeness (QED) is 0.201. The van der Waals surface area contributed by atoms with Gasteiger partial charge in [0.1, 0.15) is 18.4 Å². The first-order valence-corrected chi connectivity index (χ1v) is 8.45. The molecule has 1 aromatic rings. The van der Waals surface area contributed by atoms with Crippen LogP contribution in [0.15, 0.2) is 24.3 Å². The van der Waals surface area contributed by atoms with E-state index in [2.05, 4.69) is 10.1 Å². The van der Waals surface area contributed by atoms with Gasteiger partial charge in [0.2, 0.25) is 5.78 Å². The zero-order chi connectivity index (χ0) is 20.9. The summed E-state index contributed by atoms with van der Waals surface area (Å²) >= 11 is 0. The van der Waals surface area contributed by atoms with E-state index in [-0.39, 0.29) is 26.1 Å². The van der Waals surface area contributed by atoms with Gasteiger partial charge in [0, 0.05) is 13.3 Å². The second-order valence-electron chi connectivity index (χ2n) is 5.53. The minimum atomic E-state index is -1.07. The minimum absolute atomic E-state index is 0.0180. The Labute approximate surface area is 161 Å². The molecule has 1 aromatic carbocycles. The number of ether oxygens (including phenoxy) is 3. The lowest BCUT2D eigenvalue weighted by molar-refractivity contribution is -0.146. The first-order valence-electron chi connectivity index (χ1n) is 8.45. The molecule has 0 heterocycles. The standard InChI is InChI=1S/C18H21N3O7/c1-3-26-17(24)16(9-6-14(23)10-20-19)21-18(25)27-11-13-4-7-15(8-5-13)28-12(2)22/h4-5,7-8,10,16,19H,3,6,9,11H2,1-2H3/p+1. The van der Waals surface area contributed by atoms with E-state index in [0.717, 1.165) is 6.21 Å². The molecule has 0 saturated carbocycles. The number of nitrogens with zero attached hydrogens (tertiary/aromatic N) is 1. The van der Waals surface area contributed by atoms with Gasteiger partial charge >= 0.3 is 24.2 Å². The van der Waals surface area contributed by atoms with Crippen LogP contribution in [0.2, 0.25) is 0 Å². The minimum Gasteiger partial charge on any atom is -0.464 e. The Morgan fingerprint density at radius 1 is 1.18 bits per heavy atom. The van der Waals surface area contributed by atoms with Crippen LogP contribution in [0.25, 0.3) is 0 Å². The van der Waals surface area contributed by atoms with Gasteiger partial charge in [-0.05, 0) is 31.0 Å². The molecule has 2 N–H and O–H groups in total. The summed E-state index contributed by atoms with van der Waals surface area (Å²) in [6, 6.07) is 5.28. The zero-order valence-electron chi connectivity index (χ0n) is 15.6. The Bertz CT molecular complexity index is 755. The van der Waals surface area contributed by atoms with Crippen molar-refractivity contribution in [2.75, 3.05) is 6.61 Å². The van der Waals surface area contributed by atoms with E-state index in [1.54, 1.807) is 31.2 Å². The van der Waals surface area contributed by atoms with Crippen LogP contribution in [0.1, 0.15) is 32.3 Å². The van der Waals surface area contributed by atoms with Crippen molar-refractivity contribution in [1.82, 2.24) is 5.32 Å². The highest BCUT2D eigenvalue weighted by molar-refractivity contribution is 6.25. The molecule has 10 heteroatoms. The van der Waals surface area contributed by atoms with Crippen LogP contribution in [0.4, 0.5) is 4.79 Å². The number of nitrogens with one attached hydrogen (secondary N) is 2. The van der Waals surface area contributed by atoms with Gasteiger partial charge in [0.05, 0.1) is 16.9 Å². The third-order valence-corrected chi connectivity index (χ3v) is 3.31. The molecular formula is C18H22N3O7+. The first kappa shape index (κ1) is 22.5. The molecule has 0 bridgehead atoms. The van der Waals surface area contributed by atoms with E-state index < -0.39 is 29.9 Å². The Morgan fingerprint density at radius 2 is 1.86 bits per heavy atom. The number of hydrogen-bond donors (Lipinski definition) is 2. The summed E-state index contributed by atoms with van der Waals surface area (Å²) in [5.41, 5.74) is 7.25. The van der Waals surface area contributed by atoms with Crippen LogP contribution in [0, 0.1) is 5.53 Å². The van der Waals surface area contributed by atoms with Gasteiger partial charge in [-0.2, -0.15) is 0 Å². The second kappa shape index (κ2) is 12.0. The topological polar surface area (TPSA) is 146 Å². The molecule has 28 heavy (non-hydrogen) atoms. The van der Waals surface area contributed by atoms with E-state index in [0.29, 0.717) is 11.3 Å². The predicted molar refractivity (Wildman–Crippen MR) is 94.8 cm³/mol. The molecule has 1 unspecified atom stereocenters. The predicted octanol–water partition coefficient (Wildman–Crippen LogP) is 1.43. The van der Waals surface area contributed by atoms with Crippen LogP contribution in [-0.4, -0.2) is 47.5 Å². The summed E-state index contributed by atoms with van der Waals surface area (Å²) in [5.74, 6) is -1.22. The van der Waals surface area contributed by atoms with Crippen LogP contribution >= 0.6 is 0 Å². The van der Waals surface area contributed by atoms with Crippen LogP contribution < -0.4 is 10.1 Å². The molecule has 1 rings (SSSR count). The number of esters is 2. The van der Waals surface area contributed by atoms with Gasteiger partial charge in [-0.1, -0.05) is 12.1 Å². The maximum absolute atomic E-state index is 12.0. The fourth-order valence-electron chi connectivity index (χ4n) is 2.07. The summed E-state index contributed by atoms with van der Waals surface area (Å²) in [7, 11) is 0. The molecule has 0 radical (unpaired) electrons. The maximum atomic E-state index is 12.0. The molecule has 1 amide bonds. The molecule has 10 nitrogen and oxygen atoms in total. The van der Waals surface area contributed by atoms with Crippen molar-refractivity contribution in [3.05, 3.63) is 29.8 Å².